The number of nitrogens with one attached hydrogen (secondary N) is 14. The summed E-state index contributed by atoms with van der Waals surface area (Å²) >= 11 is 4.89. The van der Waals surface area contributed by atoms with Crippen LogP contribution in [0, 0.1) is 5.41 Å². The van der Waals surface area contributed by atoms with Crippen molar-refractivity contribution in [2.75, 3.05) is 43.1 Å². The molecule has 7 rings (SSSR count). The number of H-pyrrole nitrogens is 1. The van der Waals surface area contributed by atoms with Crippen molar-refractivity contribution in [2.45, 2.75) is 200 Å². The van der Waals surface area contributed by atoms with Gasteiger partial charge in [0.25, 0.3) is 0 Å². The molecule has 4 aromatic rings. The van der Waals surface area contributed by atoms with E-state index < -0.39 is 229 Å². The molecule has 2 bridgehead atoms. The number of aliphatic hydroxyl groups is 1. The highest BCUT2D eigenvalue weighted by Crippen LogP contribution is 2.28. The van der Waals surface area contributed by atoms with Crippen LogP contribution in [0.25, 0.3) is 0 Å². The Morgan fingerprint density at radius 1 is 0.633 bits per heavy atom. The molecule has 0 spiro atoms. The van der Waals surface area contributed by atoms with Gasteiger partial charge in [0.05, 0.1) is 31.0 Å². The van der Waals surface area contributed by atoms with Crippen LogP contribution in [0.3, 0.4) is 0 Å². The Bertz CT molecular complexity index is 4280. The second kappa shape index (κ2) is 48.0. The number of aliphatic hydroxyl groups excluding tert-OH is 1. The maximum atomic E-state index is 15.2. The predicted octanol–water partition coefficient (Wildman–Crippen LogP) is -3.29. The van der Waals surface area contributed by atoms with E-state index in [9.17, 15) is 87.5 Å². The molecule has 0 radical (unpaired) electrons. The summed E-state index contributed by atoms with van der Waals surface area (Å²) < 4.78 is 0. The number of rotatable bonds is 35. The second-order valence-corrected chi connectivity index (χ2v) is 32.9. The van der Waals surface area contributed by atoms with Crippen molar-refractivity contribution in [3.8, 4) is 0 Å². The highest BCUT2D eigenvalue weighted by Gasteiger charge is 2.46. The second-order valence-electron chi connectivity index (χ2n) is 28.8. The fourth-order valence-corrected chi connectivity index (χ4v) is 16.6. The number of imidazole rings is 1. The van der Waals surface area contributed by atoms with Crippen LogP contribution in [0.4, 0.5) is 0 Å². The summed E-state index contributed by atoms with van der Waals surface area (Å²) in [6.45, 7) is 2.51. The van der Waals surface area contributed by atoms with Gasteiger partial charge in [0.15, 0.2) is 5.96 Å². The van der Waals surface area contributed by atoms with Crippen molar-refractivity contribution in [3.05, 3.63) is 112 Å². The van der Waals surface area contributed by atoms with Gasteiger partial charge in [-0.15, -0.1) is 11.3 Å². The van der Waals surface area contributed by atoms with Gasteiger partial charge in [-0.3, -0.25) is 86.9 Å². The average molecular weight is 1750 g/mol. The molecular formula is C76H103N19O21S4. The van der Waals surface area contributed by atoms with Gasteiger partial charge in [-0.05, 0) is 98.4 Å². The van der Waals surface area contributed by atoms with Crippen molar-refractivity contribution in [1.82, 2.24) is 83.6 Å². The summed E-state index contributed by atoms with van der Waals surface area (Å²) in [6, 6.07) is -2.37. The van der Waals surface area contributed by atoms with Gasteiger partial charge in [-0.2, -0.15) is 35.3 Å². The number of carboxylic acids is 3. The lowest BCUT2D eigenvalue weighted by molar-refractivity contribution is -0.148. The summed E-state index contributed by atoms with van der Waals surface area (Å²) in [5, 5.41) is 80.6. The standard InChI is InChI=1S/C76H103N19O21S4/c1-40(96)62-73(114)85-48(20-21-59(98)99)65(106)87-51(29-42-12-5-4-6-13-42)67(108)91-55(37-118-35-43-14-7-15-44(28-43)36-119-38-56(92-66(107)49(22-27-117-3)83-41(2)97)74(115)95-25-10-19-58(95)75(116)94-24-9-18-57(94)72(113)93-62)71(112)90-54(33-61(102)103)70(111)88-52(30-45-34-80-39-82-45)68(109)89-53(31-46-16-11-26-120-46)69(110)84-47(17-8-23-81-76(78)79)64(105)86-50(63(77)104)32-60(100)101/h4-7,11-16,26,28,34,39-40,47-58,62,96H,8-10,17-25,27,29-33,35-38H2,1-3H3,(H2,77,104)(H,80,82)(H,83,97)(H,84,110)(H,85,114)(H,86,105)(H,87,106)(H,88,111)(H,89,109)(H,90,112)(H,91,108)(H,92,107)(H,93,113)(H,98,99)(H,100,101)(H,102,103)(H4,78,79,81)/t40-,47+,48+,49+,50+,51+,52+,53+,54+,55+,56+,57+,58+,62+/m1/s1. The molecule has 22 N–H and O–H groups in total. The number of fused-ring (bicyclic) bond motifs is 4. The number of aromatic nitrogens is 2. The number of hydrogen-bond acceptors (Lipinski definition) is 24. The van der Waals surface area contributed by atoms with Gasteiger partial charge >= 0.3 is 17.9 Å². The first kappa shape index (κ1) is 95.8. The van der Waals surface area contributed by atoms with Crippen molar-refractivity contribution >= 4 is 153 Å². The molecule has 0 aliphatic carbocycles. The monoisotopic (exact) mass is 1750 g/mol. The van der Waals surface area contributed by atoms with Crippen LogP contribution in [0.15, 0.2) is 84.6 Å². The summed E-state index contributed by atoms with van der Waals surface area (Å²) in [5.41, 5.74) is 12.7. The summed E-state index contributed by atoms with van der Waals surface area (Å²) in [5.74, 6) is -18.4. The molecule has 5 heterocycles. The van der Waals surface area contributed by atoms with Gasteiger partial charge in [-0.1, -0.05) is 60.7 Å². The van der Waals surface area contributed by atoms with Crippen molar-refractivity contribution < 1.29 is 102 Å². The Kier molecular flexibility index (Phi) is 38.3. The number of primary amides is 1. The number of nitrogens with zero attached hydrogens (tertiary/aromatic N) is 3. The third-order valence-corrected chi connectivity index (χ3v) is 23.2. The zero-order valence-corrected chi connectivity index (χ0v) is 69.3. The minimum atomic E-state index is -2.11. The SMILES string of the molecule is CSCC[C@H](NC(C)=O)C(=O)N[C@H]1CSCc2cccc(c2)CSC[C@@H](C(=O)N[C@@H](CC(=O)O)C(=O)N[C@@H](Cc2c[nH]cn2)C(=O)N[C@@H](Cc2cccs2)C(=O)N[C@@H](CCCNC(=N)N)C(=O)N[C@@H](CC(=O)O)C(N)=O)NC(=O)[C@H](Cc2ccccc2)NC(=O)[C@H](CCC(=O)O)NC(=O)[C@H]([C@@H](C)O)NC(=O)[C@@H]2CCCN2C(=O)[C@@H]2CCCN2C1=O. The van der Waals surface area contributed by atoms with Crippen LogP contribution in [-0.4, -0.2) is 275 Å². The van der Waals surface area contributed by atoms with E-state index in [4.69, 9.17) is 16.9 Å². The van der Waals surface area contributed by atoms with Gasteiger partial charge in [0.2, 0.25) is 82.7 Å². The van der Waals surface area contributed by atoms with E-state index >= 15 is 14.4 Å². The largest absolute Gasteiger partial charge is 0.481 e. The number of thiophene rings is 1. The van der Waals surface area contributed by atoms with Gasteiger partial charge in [0.1, 0.15) is 78.5 Å². The Morgan fingerprint density at radius 2 is 1.23 bits per heavy atom. The van der Waals surface area contributed by atoms with Gasteiger partial charge in [-0.25, -0.2) is 4.98 Å². The molecule has 2 saturated heterocycles. The predicted molar refractivity (Wildman–Crippen MR) is 440 cm³/mol. The first-order valence-electron chi connectivity index (χ1n) is 38.6. The van der Waals surface area contributed by atoms with E-state index in [1.165, 1.54) is 52.8 Å². The number of thioether (sulfide) groups is 3. The molecule has 2 aromatic heterocycles. The minimum Gasteiger partial charge on any atom is -0.481 e. The van der Waals surface area contributed by atoms with Crippen molar-refractivity contribution in [3.63, 3.8) is 0 Å². The van der Waals surface area contributed by atoms with Crippen LogP contribution in [0.1, 0.15) is 112 Å². The number of benzene rings is 2. The zero-order valence-electron chi connectivity index (χ0n) is 66.1. The van der Waals surface area contributed by atoms with E-state index in [0.717, 1.165) is 30.0 Å². The van der Waals surface area contributed by atoms with Crippen molar-refractivity contribution in [1.29, 1.82) is 5.41 Å². The Balaban J connectivity index is 1.24. The number of nitrogens with two attached hydrogens (primary N) is 2. The first-order valence-corrected chi connectivity index (χ1v) is 43.2. The van der Waals surface area contributed by atoms with Crippen LogP contribution in [0.5, 0.6) is 0 Å². The average Bonchev–Trinajstić information content (AvgIpc) is 1.64. The molecule has 40 nitrogen and oxygen atoms in total. The highest BCUT2D eigenvalue weighted by molar-refractivity contribution is 7.99. The van der Waals surface area contributed by atoms with Crippen LogP contribution in [0.2, 0.25) is 0 Å². The first-order chi connectivity index (χ1) is 57.2. The summed E-state index contributed by atoms with van der Waals surface area (Å²) in [7, 11) is 0. The number of amides is 14. The Morgan fingerprint density at radius 3 is 1.82 bits per heavy atom. The van der Waals surface area contributed by atoms with Crippen LogP contribution in [-0.2, 0) is 112 Å². The maximum absolute atomic E-state index is 15.2. The fourth-order valence-electron chi connectivity index (χ4n) is 13.4. The molecule has 0 saturated carbocycles. The number of carbonyl (C=O) groups is 17. The van der Waals surface area contributed by atoms with Gasteiger partial charge < -0.3 is 110 Å². The Labute approximate surface area is 706 Å². The normalized spacial score (nSPS) is 20.8. The van der Waals surface area contributed by atoms with Crippen molar-refractivity contribution in [2.24, 2.45) is 11.5 Å². The molecule has 3 aliphatic heterocycles. The smallest absolute Gasteiger partial charge is 0.305 e. The molecule has 2 aromatic carbocycles. The quantitative estimate of drug-likeness (QED) is 0.0122. The highest BCUT2D eigenvalue weighted by atomic mass is 32.2. The molecule has 0 unspecified atom stereocenters. The molecule has 3 aliphatic rings. The lowest BCUT2D eigenvalue weighted by atomic mass is 10.0. The number of hydrogen-bond donors (Lipinski definition) is 20. The lowest BCUT2D eigenvalue weighted by Crippen LogP contribution is -2.62. The van der Waals surface area contributed by atoms with Gasteiger partial charge in [0, 0.05) is 86.3 Å². The molecular weight excluding hydrogens is 1640 g/mol. The van der Waals surface area contributed by atoms with E-state index in [1.54, 1.807) is 66.0 Å². The number of aliphatic carboxylic acids is 3. The molecule has 652 valence electrons. The summed E-state index contributed by atoms with van der Waals surface area (Å²) in [6.07, 6.45) is -1.07. The summed E-state index contributed by atoms with van der Waals surface area (Å²) in [4.78, 5) is 248. The molecule has 44 heteroatoms. The number of carboxylic acid groups (broad SMARTS) is 3. The number of aromatic amines is 1. The Hall–Kier alpha value is -11.4. The molecule has 14 amide bonds. The fraction of sp³-hybridized carbons (Fsp3) is 0.513. The lowest BCUT2D eigenvalue weighted by Gasteiger charge is -2.34. The van der Waals surface area contributed by atoms with E-state index in [1.807, 2.05) is 12.3 Å². The molecule has 2 fully saturated rings. The third kappa shape index (κ3) is 30.8. The molecule has 120 heavy (non-hydrogen) atoms. The van der Waals surface area contributed by atoms with Crippen LogP contribution < -0.4 is 75.3 Å². The van der Waals surface area contributed by atoms with E-state index in [-0.39, 0.29) is 87.5 Å². The number of carbonyl (C=O) groups excluding carboxylic acids is 14. The zero-order chi connectivity index (χ0) is 87.7. The number of guanidine groups is 1. The maximum Gasteiger partial charge on any atom is 0.305 e. The van der Waals surface area contributed by atoms with E-state index in [2.05, 4.69) is 73.8 Å². The molecule has 14 atom stereocenters. The van der Waals surface area contributed by atoms with E-state index in [0.29, 0.717) is 40.2 Å². The topological polar surface area (TPSA) is 627 Å². The third-order valence-electron chi connectivity index (χ3n) is 19.5. The van der Waals surface area contributed by atoms with Crippen LogP contribution >= 0.6 is 46.6 Å². The minimum absolute atomic E-state index is 0.00675.